The molecule has 4 heteroatoms. The second-order valence-electron chi connectivity index (χ2n) is 0. The van der Waals surface area contributed by atoms with Crippen LogP contribution in [-0.2, 0) is 31.7 Å². The van der Waals surface area contributed by atoms with Crippen molar-refractivity contribution >= 4 is 0 Å². The Morgan fingerprint density at radius 3 is 1.00 bits per heavy atom. The van der Waals surface area contributed by atoms with Crippen LogP contribution in [0.25, 0.3) is 0 Å². The molecule has 0 aromatic rings. The third kappa shape index (κ3) is 8.82. The maximum absolute atomic E-state index is 0. The van der Waals surface area contributed by atoms with E-state index in [2.05, 4.69) is 0 Å². The van der Waals surface area contributed by atoms with Gasteiger partial charge in [0.1, 0.15) is 0 Å². The monoisotopic (exact) mass is 373 g/mol. The molecule has 0 aromatic heterocycles. The van der Waals surface area contributed by atoms with E-state index >= 15 is 0 Å². The molecule has 4 heavy (non-hydrogen) atoms. The summed E-state index contributed by atoms with van der Waals surface area (Å²) >= 11 is 0. The summed E-state index contributed by atoms with van der Waals surface area (Å²) in [4.78, 5) is 0. The Labute approximate surface area is 82.4 Å². The fraction of sp³-hybridized carbons (Fsp3) is 0. The topological polar surface area (TPSA) is 28.5 Å². The molecule has 0 aliphatic heterocycles. The Kier molecular flexibility index (Phi) is 143. The van der Waals surface area contributed by atoms with Gasteiger partial charge >= 0.3 is 66.1 Å². The predicted molar refractivity (Wildman–Crippen MR) is 0.686 cm³/mol. The van der Waals surface area contributed by atoms with Gasteiger partial charge in [0.15, 0.2) is 0 Å². The van der Waals surface area contributed by atoms with E-state index in [0.29, 0.717) is 0 Å². The second kappa shape index (κ2) is 18.0. The van der Waals surface area contributed by atoms with Gasteiger partial charge in [0.25, 0.3) is 0 Å². The summed E-state index contributed by atoms with van der Waals surface area (Å²) in [5, 5.41) is 0. The molecule has 0 saturated carbocycles. The van der Waals surface area contributed by atoms with Gasteiger partial charge in [-0.15, -0.1) is 0 Å². The van der Waals surface area contributed by atoms with Gasteiger partial charge in [-0.2, -0.15) is 0 Å². The van der Waals surface area contributed by atoms with Crippen molar-refractivity contribution in [2.24, 2.45) is 0 Å². The molecule has 0 spiro atoms. The molecule has 0 unspecified atom stereocenters. The first-order valence-electron chi connectivity index (χ1n) is 0. The molecule has 0 saturated heterocycles. The predicted octanol–water partition coefficient (Wildman–Crippen LogP) is -3.12. The molecule has 0 heterocycles. The van der Waals surface area contributed by atoms with Crippen molar-refractivity contribution in [3.63, 3.8) is 0 Å². The molecule has 0 bridgehead atoms. The molecule has 0 atom stereocenters. The van der Waals surface area contributed by atoms with Crippen LogP contribution in [0.4, 0.5) is 0 Å². The third-order valence-electron chi connectivity index (χ3n) is 0. The van der Waals surface area contributed by atoms with E-state index in [1.807, 2.05) is 0 Å². The molecule has 16 valence electrons. The van der Waals surface area contributed by atoms with Gasteiger partial charge in [-0.25, -0.2) is 0 Å². The third-order valence-corrected chi connectivity index (χ3v) is 0. The van der Waals surface area contributed by atoms with Crippen LogP contribution in [-0.4, -0.2) is 0 Å². The molecule has 1 nitrogen and oxygen atoms in total. The summed E-state index contributed by atoms with van der Waals surface area (Å²) < 4.78 is 0. The maximum Gasteiger partial charge on any atom is 4.00 e. The van der Waals surface area contributed by atoms with E-state index in [1.165, 1.54) is 0 Å². The minimum absolute atomic E-state index is 0. The van der Waals surface area contributed by atoms with E-state index < -0.39 is 0 Å². The number of hydrogen-bond acceptors (Lipinski definition) is 0. The van der Waals surface area contributed by atoms with E-state index in [0.717, 1.165) is 0 Å². The normalized spacial score (nSPS) is 0. The van der Waals surface area contributed by atoms with Crippen molar-refractivity contribution < 1.29 is 84.0 Å². The smallest absolute Gasteiger partial charge is 2.00 e. The Morgan fingerprint density at radius 2 is 1.00 bits per heavy atom. The van der Waals surface area contributed by atoms with E-state index in [4.69, 9.17) is 0 Å². The van der Waals surface area contributed by atoms with Gasteiger partial charge in [-0.1, -0.05) is 0 Å². The zero-order chi connectivity index (χ0) is 0. The molecule has 0 fully saturated rings. The van der Waals surface area contributed by atoms with Crippen LogP contribution in [0.15, 0.2) is 0 Å². The van der Waals surface area contributed by atoms with Crippen LogP contribution in [0.5, 0.6) is 0 Å². The first-order chi connectivity index (χ1) is 0. The van der Waals surface area contributed by atoms with E-state index in [9.17, 15) is 0 Å². The Balaban J connectivity index is 0. The van der Waals surface area contributed by atoms with E-state index in [-0.39, 0.29) is 84.0 Å². The summed E-state index contributed by atoms with van der Waals surface area (Å²) in [6.07, 6.45) is 0. The minimum atomic E-state index is 0. The van der Waals surface area contributed by atoms with Gasteiger partial charge < -0.3 is 17.9 Å². The molecular weight excluding hydrogens is 375 g/mol. The van der Waals surface area contributed by atoms with Crippen molar-refractivity contribution in [2.45, 2.75) is 0 Å². The number of halogens is 1. The van der Waals surface area contributed by atoms with Gasteiger partial charge in [-0.05, 0) is 0 Å². The fourth-order valence-corrected chi connectivity index (χ4v) is 0. The van der Waals surface area contributed by atoms with Gasteiger partial charge in [0, 0.05) is 0 Å². The molecule has 0 N–H and O–H groups in total. The number of rotatable bonds is 0. The first kappa shape index (κ1) is 31.8. The molecular formula is ClOThZr+5. The summed E-state index contributed by atoms with van der Waals surface area (Å²) in [7, 11) is 0. The molecule has 0 aliphatic rings. The van der Waals surface area contributed by atoms with Crippen LogP contribution >= 0.6 is 0 Å². The molecule has 0 aromatic carbocycles. The maximum atomic E-state index is 0. The largest absolute Gasteiger partial charge is 4.00 e. The molecule has 0 amide bonds. The minimum Gasteiger partial charge on any atom is -2.00 e. The Bertz CT molecular complexity index is 8.00. The van der Waals surface area contributed by atoms with Crippen molar-refractivity contribution in [2.75, 3.05) is 0 Å². The summed E-state index contributed by atoms with van der Waals surface area (Å²) in [5.41, 5.74) is 0. The molecule has 0 radical (unpaired) electrons. The van der Waals surface area contributed by atoms with Crippen molar-refractivity contribution in [1.82, 2.24) is 0 Å². The quantitative estimate of drug-likeness (QED) is 0.429. The summed E-state index contributed by atoms with van der Waals surface area (Å²) in [6, 6.07) is 0. The van der Waals surface area contributed by atoms with Crippen LogP contribution in [0.1, 0.15) is 0 Å². The van der Waals surface area contributed by atoms with Crippen molar-refractivity contribution in [1.29, 1.82) is 0 Å². The van der Waals surface area contributed by atoms with Crippen LogP contribution in [0, 0.1) is 39.9 Å². The standard InChI is InChI=1S/ClH.O.Th.Zr/h1H;;;/q;-2;2*+4/p-1. The average Bonchev–Trinajstić information content (AvgIpc) is 0. The van der Waals surface area contributed by atoms with Crippen LogP contribution in [0.3, 0.4) is 0 Å². The zero-order valence-corrected chi connectivity index (χ0v) is 9.11. The van der Waals surface area contributed by atoms with Crippen LogP contribution < -0.4 is 12.4 Å². The van der Waals surface area contributed by atoms with E-state index in [1.54, 1.807) is 0 Å². The van der Waals surface area contributed by atoms with Gasteiger partial charge in [0.2, 0.25) is 0 Å². The first-order valence-corrected chi connectivity index (χ1v) is 0. The molecule has 0 aliphatic carbocycles. The van der Waals surface area contributed by atoms with Crippen molar-refractivity contribution in [3.05, 3.63) is 0 Å². The fourth-order valence-electron chi connectivity index (χ4n) is 0. The van der Waals surface area contributed by atoms with Crippen LogP contribution in [0.2, 0.25) is 0 Å². The second-order valence-corrected chi connectivity index (χ2v) is 0. The summed E-state index contributed by atoms with van der Waals surface area (Å²) in [6.45, 7) is 0. The average molecular weight is 375 g/mol. The zero-order valence-electron chi connectivity index (χ0n) is 1.79. The van der Waals surface area contributed by atoms with Gasteiger partial charge in [-0.3, -0.25) is 0 Å². The summed E-state index contributed by atoms with van der Waals surface area (Å²) in [5.74, 6) is 0. The Morgan fingerprint density at radius 1 is 1.00 bits per heavy atom. The SMILES string of the molecule is [Cl-].[O-2].[Th+4].[Zr+4]. The number of hydrogen-bond donors (Lipinski definition) is 0. The Hall–Kier alpha value is 2.46. The van der Waals surface area contributed by atoms with Crippen molar-refractivity contribution in [3.8, 4) is 0 Å². The molecule has 0 rings (SSSR count). The van der Waals surface area contributed by atoms with Gasteiger partial charge in [0.05, 0.1) is 0 Å².